The van der Waals surface area contributed by atoms with Crippen LogP contribution in [0.15, 0.2) is 48.5 Å². The number of nitrogens with one attached hydrogen (secondary N) is 1. The Labute approximate surface area is 167 Å². The fourth-order valence-electron chi connectivity index (χ4n) is 2.93. The third-order valence-corrected chi connectivity index (χ3v) is 4.62. The first-order valence-corrected chi connectivity index (χ1v) is 9.31. The predicted molar refractivity (Wildman–Crippen MR) is 106 cm³/mol. The highest BCUT2D eigenvalue weighted by Gasteiger charge is 2.12. The van der Waals surface area contributed by atoms with Gasteiger partial charge in [0.05, 0.1) is 13.2 Å². The molecule has 144 valence electrons. The zero-order valence-electron chi connectivity index (χ0n) is 15.1. The number of ether oxygens (including phenoxy) is 1. The van der Waals surface area contributed by atoms with E-state index in [1.165, 1.54) is 4.80 Å². The lowest BCUT2D eigenvalue weighted by molar-refractivity contribution is -0.117. The van der Waals surface area contributed by atoms with Crippen LogP contribution in [0.25, 0.3) is 11.4 Å². The van der Waals surface area contributed by atoms with E-state index in [9.17, 15) is 4.79 Å². The number of hydrogen-bond donors (Lipinski definition) is 1. The number of tetrazole rings is 1. The Kier molecular flexibility index (Phi) is 5.50. The molecule has 0 bridgehead atoms. The van der Waals surface area contributed by atoms with Crippen LogP contribution in [0, 0.1) is 0 Å². The van der Waals surface area contributed by atoms with Gasteiger partial charge >= 0.3 is 0 Å². The molecule has 1 fully saturated rings. The standard InChI is InChI=1S/C19H19ClN6O2/c20-15-3-1-14(2-4-15)19-22-24-26(23-19)13-18(27)21-16-5-7-17(8-6-16)25-9-11-28-12-10-25/h1-8H,9-13H2,(H,21,27). The van der Waals surface area contributed by atoms with Gasteiger partial charge in [0.2, 0.25) is 11.7 Å². The van der Waals surface area contributed by atoms with Gasteiger partial charge < -0.3 is 15.0 Å². The van der Waals surface area contributed by atoms with Crippen molar-refractivity contribution in [3.8, 4) is 11.4 Å². The molecule has 8 nitrogen and oxygen atoms in total. The highest BCUT2D eigenvalue weighted by Crippen LogP contribution is 2.19. The highest BCUT2D eigenvalue weighted by molar-refractivity contribution is 6.30. The summed E-state index contributed by atoms with van der Waals surface area (Å²) < 4.78 is 5.37. The minimum Gasteiger partial charge on any atom is -0.378 e. The molecule has 1 aliphatic rings. The smallest absolute Gasteiger partial charge is 0.248 e. The molecule has 28 heavy (non-hydrogen) atoms. The number of aromatic nitrogens is 4. The summed E-state index contributed by atoms with van der Waals surface area (Å²) in [5, 5.41) is 15.6. The fraction of sp³-hybridized carbons (Fsp3) is 0.263. The van der Waals surface area contributed by atoms with Gasteiger partial charge in [-0.1, -0.05) is 11.6 Å². The zero-order chi connectivity index (χ0) is 19.3. The molecule has 1 N–H and O–H groups in total. The van der Waals surface area contributed by atoms with Crippen LogP contribution >= 0.6 is 11.6 Å². The highest BCUT2D eigenvalue weighted by atomic mass is 35.5. The molecule has 0 saturated carbocycles. The van der Waals surface area contributed by atoms with Gasteiger partial charge in [-0.3, -0.25) is 4.79 Å². The number of benzene rings is 2. The van der Waals surface area contributed by atoms with Crippen LogP contribution in [0.2, 0.25) is 5.02 Å². The van der Waals surface area contributed by atoms with Crippen LogP contribution in [0.4, 0.5) is 11.4 Å². The molecule has 4 rings (SSSR count). The molecule has 0 atom stereocenters. The predicted octanol–water partition coefficient (Wildman–Crippen LogP) is 2.47. The molecule has 2 heterocycles. The molecule has 1 aliphatic heterocycles. The number of morpholine rings is 1. The zero-order valence-corrected chi connectivity index (χ0v) is 15.8. The van der Waals surface area contributed by atoms with Gasteiger partial charge in [0.1, 0.15) is 6.54 Å². The van der Waals surface area contributed by atoms with E-state index in [4.69, 9.17) is 16.3 Å². The lowest BCUT2D eigenvalue weighted by Crippen LogP contribution is -2.36. The maximum Gasteiger partial charge on any atom is 0.248 e. The molecule has 1 amide bonds. The molecule has 0 spiro atoms. The first-order valence-electron chi connectivity index (χ1n) is 8.94. The lowest BCUT2D eigenvalue weighted by atomic mass is 10.2. The summed E-state index contributed by atoms with van der Waals surface area (Å²) >= 11 is 5.88. The second kappa shape index (κ2) is 8.37. The summed E-state index contributed by atoms with van der Waals surface area (Å²) in [5.74, 6) is 0.221. The summed E-state index contributed by atoms with van der Waals surface area (Å²) in [6.07, 6.45) is 0. The molecule has 1 saturated heterocycles. The third kappa shape index (κ3) is 4.47. The summed E-state index contributed by atoms with van der Waals surface area (Å²) in [6, 6.07) is 14.9. The van der Waals surface area contributed by atoms with Gasteiger partial charge in [-0.05, 0) is 53.7 Å². The van der Waals surface area contributed by atoms with Crippen molar-refractivity contribution < 1.29 is 9.53 Å². The average Bonchev–Trinajstić information content (AvgIpc) is 3.18. The largest absolute Gasteiger partial charge is 0.378 e. The molecule has 0 unspecified atom stereocenters. The Hall–Kier alpha value is -2.97. The van der Waals surface area contributed by atoms with E-state index < -0.39 is 0 Å². The maximum atomic E-state index is 12.3. The number of carbonyl (C=O) groups excluding carboxylic acids is 1. The summed E-state index contributed by atoms with van der Waals surface area (Å²) in [6.45, 7) is 3.20. The quantitative estimate of drug-likeness (QED) is 0.710. The molecule has 0 aliphatic carbocycles. The van der Waals surface area contributed by atoms with Gasteiger partial charge in [0.15, 0.2) is 0 Å². The molecular weight excluding hydrogens is 380 g/mol. The van der Waals surface area contributed by atoms with Gasteiger partial charge in [0, 0.05) is 35.1 Å². The van der Waals surface area contributed by atoms with Crippen LogP contribution < -0.4 is 10.2 Å². The Morgan fingerprint density at radius 3 is 2.50 bits per heavy atom. The van der Waals surface area contributed by atoms with Crippen molar-refractivity contribution >= 4 is 28.9 Å². The van der Waals surface area contributed by atoms with Crippen molar-refractivity contribution in [2.24, 2.45) is 0 Å². The minimum absolute atomic E-state index is 0.0220. The van der Waals surface area contributed by atoms with Crippen LogP contribution in [0.5, 0.6) is 0 Å². The number of nitrogens with zero attached hydrogens (tertiary/aromatic N) is 5. The normalized spacial score (nSPS) is 14.1. The van der Waals surface area contributed by atoms with E-state index in [1.54, 1.807) is 24.3 Å². The number of amides is 1. The molecular formula is C19H19ClN6O2. The number of rotatable bonds is 5. The molecule has 9 heteroatoms. The van der Waals surface area contributed by atoms with E-state index in [0.29, 0.717) is 10.8 Å². The van der Waals surface area contributed by atoms with Gasteiger partial charge in [-0.25, -0.2) is 0 Å². The SMILES string of the molecule is O=C(Cn1nnc(-c2ccc(Cl)cc2)n1)Nc1ccc(N2CCOCC2)cc1. The van der Waals surface area contributed by atoms with Gasteiger partial charge in [0.25, 0.3) is 0 Å². The van der Waals surface area contributed by atoms with Crippen molar-refractivity contribution in [1.82, 2.24) is 20.2 Å². The van der Waals surface area contributed by atoms with Crippen molar-refractivity contribution in [3.05, 3.63) is 53.6 Å². The molecule has 1 aromatic heterocycles. The van der Waals surface area contributed by atoms with Crippen LogP contribution in [0.3, 0.4) is 0 Å². The van der Waals surface area contributed by atoms with E-state index in [-0.39, 0.29) is 12.5 Å². The second-order valence-corrected chi connectivity index (χ2v) is 6.78. The second-order valence-electron chi connectivity index (χ2n) is 6.34. The first kappa shape index (κ1) is 18.4. The van der Waals surface area contributed by atoms with Crippen molar-refractivity contribution in [1.29, 1.82) is 0 Å². The van der Waals surface area contributed by atoms with E-state index >= 15 is 0 Å². The van der Waals surface area contributed by atoms with Crippen molar-refractivity contribution in [2.75, 3.05) is 36.5 Å². The van der Waals surface area contributed by atoms with E-state index in [2.05, 4.69) is 25.6 Å². The van der Waals surface area contributed by atoms with Crippen molar-refractivity contribution in [3.63, 3.8) is 0 Å². The van der Waals surface area contributed by atoms with Gasteiger partial charge in [-0.2, -0.15) is 4.80 Å². The number of carbonyl (C=O) groups is 1. The average molecular weight is 399 g/mol. The monoisotopic (exact) mass is 398 g/mol. The van der Waals surface area contributed by atoms with Crippen LogP contribution in [-0.4, -0.2) is 52.4 Å². The topological polar surface area (TPSA) is 85.2 Å². The molecule has 3 aromatic rings. The summed E-state index contributed by atoms with van der Waals surface area (Å²) in [5.41, 5.74) is 2.63. The Morgan fingerprint density at radius 2 is 1.79 bits per heavy atom. The third-order valence-electron chi connectivity index (χ3n) is 4.37. The molecule has 0 radical (unpaired) electrons. The number of hydrogen-bond acceptors (Lipinski definition) is 6. The minimum atomic E-state index is -0.223. The Bertz CT molecular complexity index is 936. The Balaban J connectivity index is 1.35. The van der Waals surface area contributed by atoms with E-state index in [1.807, 2.05) is 24.3 Å². The van der Waals surface area contributed by atoms with Crippen molar-refractivity contribution in [2.45, 2.75) is 6.54 Å². The molecule has 2 aromatic carbocycles. The maximum absolute atomic E-state index is 12.3. The fourth-order valence-corrected chi connectivity index (χ4v) is 3.06. The van der Waals surface area contributed by atoms with Crippen LogP contribution in [0.1, 0.15) is 0 Å². The summed E-state index contributed by atoms with van der Waals surface area (Å²) in [7, 11) is 0. The number of anilines is 2. The van der Waals surface area contributed by atoms with Crippen LogP contribution in [-0.2, 0) is 16.1 Å². The Morgan fingerprint density at radius 1 is 1.07 bits per heavy atom. The number of halogens is 1. The van der Waals surface area contributed by atoms with E-state index in [0.717, 1.165) is 43.2 Å². The van der Waals surface area contributed by atoms with Gasteiger partial charge in [-0.15, -0.1) is 10.2 Å². The summed E-state index contributed by atoms with van der Waals surface area (Å²) in [4.78, 5) is 15.8. The first-order chi connectivity index (χ1) is 13.7. The lowest BCUT2D eigenvalue weighted by Gasteiger charge is -2.28.